The average Bonchev–Trinajstić information content (AvgIpc) is 2.42. The third-order valence-electron chi connectivity index (χ3n) is 3.03. The molecule has 0 aliphatic carbocycles. The van der Waals surface area contributed by atoms with Gasteiger partial charge in [-0.15, -0.1) is 0 Å². The fraction of sp³-hybridized carbons (Fsp3) is 0.385. The molecule has 7 nitrogen and oxygen atoms in total. The Kier molecular flexibility index (Phi) is 5.86. The summed E-state index contributed by atoms with van der Waals surface area (Å²) in [6.07, 6.45) is 1.25. The minimum Gasteiger partial charge on any atom is -0.481 e. The lowest BCUT2D eigenvalue weighted by Crippen LogP contribution is -2.23. The van der Waals surface area contributed by atoms with Crippen LogP contribution in [0.1, 0.15) is 18.4 Å². The molecule has 0 fully saturated rings. The summed E-state index contributed by atoms with van der Waals surface area (Å²) in [6, 6.07) is 5.95. The molecule has 0 aromatic heterocycles. The van der Waals surface area contributed by atoms with Gasteiger partial charge in [-0.2, -0.15) is 0 Å². The Balaban J connectivity index is 2.76. The number of nitrogens with one attached hydrogen (secondary N) is 1. The van der Waals surface area contributed by atoms with Gasteiger partial charge >= 0.3 is 5.97 Å². The first kappa shape index (κ1) is 17.1. The van der Waals surface area contributed by atoms with Crippen LogP contribution in [-0.4, -0.2) is 36.9 Å². The van der Waals surface area contributed by atoms with E-state index in [0.717, 1.165) is 6.26 Å². The normalized spacial score (nSPS) is 12.7. The Morgan fingerprint density at radius 2 is 1.81 bits per heavy atom. The van der Waals surface area contributed by atoms with Gasteiger partial charge in [0, 0.05) is 12.7 Å². The van der Waals surface area contributed by atoms with Crippen LogP contribution in [-0.2, 0) is 25.8 Å². The van der Waals surface area contributed by atoms with E-state index in [9.17, 15) is 18.0 Å². The smallest absolute Gasteiger partial charge is 0.306 e. The molecule has 21 heavy (non-hydrogen) atoms. The van der Waals surface area contributed by atoms with Crippen LogP contribution in [0.2, 0.25) is 0 Å². The van der Waals surface area contributed by atoms with Crippen molar-refractivity contribution >= 4 is 21.7 Å². The molecule has 1 unspecified atom stereocenters. The van der Waals surface area contributed by atoms with Gasteiger partial charge in [-0.3, -0.25) is 14.8 Å². The van der Waals surface area contributed by atoms with Gasteiger partial charge in [0.15, 0.2) is 9.84 Å². The summed E-state index contributed by atoms with van der Waals surface area (Å²) in [5.41, 5.74) is 2.11. The second-order valence-electron chi connectivity index (χ2n) is 4.73. The van der Waals surface area contributed by atoms with Crippen molar-refractivity contribution in [2.75, 3.05) is 6.26 Å². The van der Waals surface area contributed by atoms with Gasteiger partial charge in [0.05, 0.1) is 10.8 Å². The number of hydrogen-bond acceptors (Lipinski definition) is 5. The number of amides is 1. The maximum absolute atomic E-state index is 11.3. The van der Waals surface area contributed by atoms with Gasteiger partial charge in [-0.05, 0) is 30.5 Å². The fourth-order valence-electron chi connectivity index (χ4n) is 1.83. The Morgan fingerprint density at radius 3 is 2.24 bits per heavy atom. The summed E-state index contributed by atoms with van der Waals surface area (Å²) in [4.78, 5) is 22.2. The first-order valence-corrected chi connectivity index (χ1v) is 8.08. The van der Waals surface area contributed by atoms with Gasteiger partial charge in [-0.1, -0.05) is 12.1 Å². The number of carboxylic acid groups (broad SMARTS) is 1. The number of rotatable bonds is 7. The monoisotopic (exact) mass is 315 g/mol. The van der Waals surface area contributed by atoms with Gasteiger partial charge in [0.25, 0.3) is 0 Å². The van der Waals surface area contributed by atoms with Gasteiger partial charge in [0.2, 0.25) is 5.91 Å². The molecule has 0 saturated heterocycles. The molecule has 0 spiro atoms. The van der Waals surface area contributed by atoms with Gasteiger partial charge in [0.1, 0.15) is 0 Å². The Hall–Kier alpha value is -1.93. The second-order valence-corrected chi connectivity index (χ2v) is 6.74. The van der Waals surface area contributed by atoms with Crippen LogP contribution in [0.5, 0.6) is 0 Å². The van der Waals surface area contributed by atoms with Crippen molar-refractivity contribution < 1.29 is 28.3 Å². The molecule has 0 saturated carbocycles. The maximum atomic E-state index is 11.3. The number of carboxylic acids is 1. The van der Waals surface area contributed by atoms with Crippen molar-refractivity contribution in [2.24, 2.45) is 5.92 Å². The molecule has 3 N–H and O–H groups in total. The number of aliphatic carboxylic acids is 1. The highest BCUT2D eigenvalue weighted by Gasteiger charge is 2.19. The molecule has 1 rings (SSSR count). The van der Waals surface area contributed by atoms with Crippen molar-refractivity contribution in [1.82, 2.24) is 5.48 Å². The van der Waals surface area contributed by atoms with E-state index in [4.69, 9.17) is 10.3 Å². The highest BCUT2D eigenvalue weighted by molar-refractivity contribution is 7.90. The quantitative estimate of drug-likeness (QED) is 0.501. The minimum absolute atomic E-state index is 0.0789. The molecule has 0 aliphatic rings. The molecule has 1 aromatic rings. The molecule has 1 amide bonds. The summed E-state index contributed by atoms with van der Waals surface area (Å²) in [6.45, 7) is 0. The highest BCUT2D eigenvalue weighted by atomic mass is 32.2. The van der Waals surface area contributed by atoms with Crippen molar-refractivity contribution in [3.8, 4) is 0 Å². The Bertz CT molecular complexity index is 608. The largest absolute Gasteiger partial charge is 0.481 e. The maximum Gasteiger partial charge on any atom is 0.306 e. The summed E-state index contributed by atoms with van der Waals surface area (Å²) < 4.78 is 22.6. The Labute approximate surface area is 122 Å². The number of carbonyl (C=O) groups is 2. The van der Waals surface area contributed by atoms with Crippen LogP contribution in [0.4, 0.5) is 0 Å². The average molecular weight is 315 g/mol. The summed E-state index contributed by atoms with van der Waals surface area (Å²) in [7, 11) is -3.29. The number of benzene rings is 1. The molecule has 0 bridgehead atoms. The third kappa shape index (κ3) is 5.52. The molecular formula is C13H17NO6S. The van der Waals surface area contributed by atoms with E-state index in [-0.39, 0.29) is 24.2 Å². The van der Waals surface area contributed by atoms with E-state index in [1.54, 1.807) is 12.1 Å². The van der Waals surface area contributed by atoms with Crippen molar-refractivity contribution in [3.05, 3.63) is 29.8 Å². The summed E-state index contributed by atoms with van der Waals surface area (Å²) in [5, 5.41) is 17.5. The topological polar surface area (TPSA) is 121 Å². The van der Waals surface area contributed by atoms with Crippen LogP contribution >= 0.6 is 0 Å². The van der Waals surface area contributed by atoms with Gasteiger partial charge < -0.3 is 5.11 Å². The molecule has 0 aliphatic heterocycles. The van der Waals surface area contributed by atoms with Gasteiger partial charge in [-0.25, -0.2) is 13.9 Å². The first-order chi connectivity index (χ1) is 9.74. The lowest BCUT2D eigenvalue weighted by Gasteiger charge is -2.12. The SMILES string of the molecule is CS(=O)(=O)c1ccc(CC(CCC(=O)NO)C(=O)O)cc1. The zero-order chi connectivity index (χ0) is 16.0. The molecular weight excluding hydrogens is 298 g/mol. The van der Waals surface area contributed by atoms with Crippen molar-refractivity contribution in [2.45, 2.75) is 24.2 Å². The molecule has 1 aromatic carbocycles. The Morgan fingerprint density at radius 1 is 1.24 bits per heavy atom. The predicted molar refractivity (Wildman–Crippen MR) is 73.5 cm³/mol. The van der Waals surface area contributed by atoms with E-state index < -0.39 is 27.6 Å². The predicted octanol–water partition coefficient (Wildman–Crippen LogP) is 0.619. The number of hydroxylamine groups is 1. The van der Waals surface area contributed by atoms with Crippen molar-refractivity contribution in [3.63, 3.8) is 0 Å². The molecule has 8 heteroatoms. The molecule has 116 valence electrons. The fourth-order valence-corrected chi connectivity index (χ4v) is 2.46. The molecule has 0 radical (unpaired) electrons. The van der Waals surface area contributed by atoms with Crippen LogP contribution < -0.4 is 5.48 Å². The zero-order valence-corrected chi connectivity index (χ0v) is 12.3. The van der Waals surface area contributed by atoms with Crippen molar-refractivity contribution in [1.29, 1.82) is 0 Å². The van der Waals surface area contributed by atoms with Crippen LogP contribution in [0, 0.1) is 5.92 Å². The summed E-state index contributed by atoms with van der Waals surface area (Å²) >= 11 is 0. The van der Waals surface area contributed by atoms with Crippen LogP contribution in [0.3, 0.4) is 0 Å². The number of hydrogen-bond donors (Lipinski definition) is 3. The lowest BCUT2D eigenvalue weighted by molar-refractivity contribution is -0.142. The third-order valence-corrected chi connectivity index (χ3v) is 4.16. The summed E-state index contributed by atoms with van der Waals surface area (Å²) in [5.74, 6) is -2.48. The van der Waals surface area contributed by atoms with E-state index in [1.165, 1.54) is 17.6 Å². The number of carbonyl (C=O) groups excluding carboxylic acids is 1. The zero-order valence-electron chi connectivity index (χ0n) is 11.4. The number of sulfone groups is 1. The molecule has 0 heterocycles. The minimum atomic E-state index is -3.29. The van der Waals surface area contributed by atoms with E-state index in [2.05, 4.69) is 0 Å². The van der Waals surface area contributed by atoms with Crippen LogP contribution in [0.25, 0.3) is 0 Å². The standard InChI is InChI=1S/C13H17NO6S/c1-21(19,20)11-5-2-9(3-6-11)8-10(13(16)17)4-7-12(15)14-18/h2-3,5-6,10,18H,4,7-8H2,1H3,(H,14,15)(H,16,17). The van der Waals surface area contributed by atoms with E-state index in [1.807, 2.05) is 0 Å². The molecule has 1 atom stereocenters. The van der Waals surface area contributed by atoms with Crippen LogP contribution in [0.15, 0.2) is 29.2 Å². The highest BCUT2D eigenvalue weighted by Crippen LogP contribution is 2.17. The lowest BCUT2D eigenvalue weighted by atomic mass is 9.95. The first-order valence-electron chi connectivity index (χ1n) is 6.18. The van der Waals surface area contributed by atoms with E-state index >= 15 is 0 Å². The van der Waals surface area contributed by atoms with E-state index in [0.29, 0.717) is 5.56 Å². The second kappa shape index (κ2) is 7.19.